The zero-order valence-corrected chi connectivity index (χ0v) is 9.89. The molecular formula is C16H17N. The van der Waals surface area contributed by atoms with Crippen LogP contribution in [-0.4, -0.2) is 6.54 Å². The Morgan fingerprint density at radius 2 is 2.12 bits per heavy atom. The van der Waals surface area contributed by atoms with E-state index in [2.05, 4.69) is 60.0 Å². The van der Waals surface area contributed by atoms with Crippen molar-refractivity contribution in [1.82, 2.24) is 5.32 Å². The average molecular weight is 223 g/mol. The second-order valence-corrected chi connectivity index (χ2v) is 4.61. The fraction of sp³-hybridized carbons (Fsp3) is 0.250. The lowest BCUT2D eigenvalue weighted by Gasteiger charge is -2.25. The number of benzene rings is 1. The van der Waals surface area contributed by atoms with Gasteiger partial charge in [-0.15, -0.1) is 0 Å². The predicted molar refractivity (Wildman–Crippen MR) is 71.9 cm³/mol. The Hall–Kier alpha value is -1.60. The maximum atomic E-state index is 3.59. The van der Waals surface area contributed by atoms with Crippen molar-refractivity contribution >= 4 is 0 Å². The summed E-state index contributed by atoms with van der Waals surface area (Å²) in [4.78, 5) is 0. The molecule has 3 rings (SSSR count). The molecule has 0 amide bonds. The standard InChI is InChI=1S/C16H17N/c1-2-6-13(7-3-1)12-16-15-9-5-4-8-14(15)10-11-17-16/h1-6,8-9,12,16-17H,7,10-11H2. The molecule has 1 aliphatic carbocycles. The lowest BCUT2D eigenvalue weighted by Crippen LogP contribution is -2.28. The zero-order chi connectivity index (χ0) is 11.5. The molecule has 1 heterocycles. The lowest BCUT2D eigenvalue weighted by atomic mass is 9.92. The van der Waals surface area contributed by atoms with E-state index >= 15 is 0 Å². The monoisotopic (exact) mass is 223 g/mol. The van der Waals surface area contributed by atoms with Crippen molar-refractivity contribution in [3.63, 3.8) is 0 Å². The third-order valence-corrected chi connectivity index (χ3v) is 3.44. The van der Waals surface area contributed by atoms with Gasteiger partial charge in [-0.3, -0.25) is 0 Å². The number of hydrogen-bond donors (Lipinski definition) is 1. The summed E-state index contributed by atoms with van der Waals surface area (Å²) < 4.78 is 0. The molecule has 1 atom stereocenters. The SMILES string of the molecule is C1=CCC(=CC2NCCc3ccccc32)C=C1. The molecule has 1 N–H and O–H groups in total. The van der Waals surface area contributed by atoms with E-state index in [4.69, 9.17) is 0 Å². The van der Waals surface area contributed by atoms with E-state index in [0.29, 0.717) is 6.04 Å². The summed E-state index contributed by atoms with van der Waals surface area (Å²) in [6.07, 6.45) is 13.2. The van der Waals surface area contributed by atoms with Crippen LogP contribution in [0.2, 0.25) is 0 Å². The van der Waals surface area contributed by atoms with E-state index in [-0.39, 0.29) is 0 Å². The summed E-state index contributed by atoms with van der Waals surface area (Å²) in [5, 5.41) is 3.59. The highest BCUT2D eigenvalue weighted by atomic mass is 14.9. The number of nitrogens with one attached hydrogen (secondary N) is 1. The maximum absolute atomic E-state index is 3.59. The minimum Gasteiger partial charge on any atom is -0.306 e. The van der Waals surface area contributed by atoms with Gasteiger partial charge in [0.2, 0.25) is 0 Å². The Labute approximate surface area is 103 Å². The Kier molecular flexibility index (Phi) is 2.93. The molecule has 1 aromatic rings. The topological polar surface area (TPSA) is 12.0 Å². The van der Waals surface area contributed by atoms with Gasteiger partial charge in [0.15, 0.2) is 0 Å². The zero-order valence-electron chi connectivity index (χ0n) is 9.89. The summed E-state index contributed by atoms with van der Waals surface area (Å²) in [6, 6.07) is 9.14. The minimum atomic E-state index is 0.381. The van der Waals surface area contributed by atoms with Gasteiger partial charge < -0.3 is 5.32 Å². The minimum absolute atomic E-state index is 0.381. The Bertz CT molecular complexity index is 494. The highest BCUT2D eigenvalue weighted by molar-refractivity contribution is 5.38. The van der Waals surface area contributed by atoms with E-state index in [1.54, 1.807) is 0 Å². The van der Waals surface area contributed by atoms with Crippen LogP contribution >= 0.6 is 0 Å². The van der Waals surface area contributed by atoms with E-state index in [1.165, 1.54) is 16.7 Å². The van der Waals surface area contributed by atoms with Crippen molar-refractivity contribution in [3.05, 3.63) is 71.3 Å². The largest absolute Gasteiger partial charge is 0.306 e. The average Bonchev–Trinajstić information content (AvgIpc) is 2.40. The first-order chi connectivity index (χ1) is 8.43. The summed E-state index contributed by atoms with van der Waals surface area (Å²) in [6.45, 7) is 1.07. The van der Waals surface area contributed by atoms with E-state index in [9.17, 15) is 0 Å². The number of rotatable bonds is 1. The summed E-state index contributed by atoms with van der Waals surface area (Å²) >= 11 is 0. The Balaban J connectivity index is 1.90. The highest BCUT2D eigenvalue weighted by Gasteiger charge is 2.17. The van der Waals surface area contributed by atoms with E-state index < -0.39 is 0 Å². The molecule has 86 valence electrons. The highest BCUT2D eigenvalue weighted by Crippen LogP contribution is 2.26. The number of fused-ring (bicyclic) bond motifs is 1. The molecule has 1 aromatic carbocycles. The first kappa shape index (κ1) is 10.5. The first-order valence-electron chi connectivity index (χ1n) is 6.28. The smallest absolute Gasteiger partial charge is 0.0514 e. The summed E-state index contributed by atoms with van der Waals surface area (Å²) in [7, 11) is 0. The van der Waals surface area contributed by atoms with Crippen molar-refractivity contribution in [3.8, 4) is 0 Å². The summed E-state index contributed by atoms with van der Waals surface area (Å²) in [5.41, 5.74) is 4.33. The molecular weight excluding hydrogens is 206 g/mol. The second kappa shape index (κ2) is 4.72. The van der Waals surface area contributed by atoms with Crippen molar-refractivity contribution in [2.45, 2.75) is 18.9 Å². The van der Waals surface area contributed by atoms with Gasteiger partial charge in [-0.25, -0.2) is 0 Å². The molecule has 1 nitrogen and oxygen atoms in total. The molecule has 1 heteroatoms. The van der Waals surface area contributed by atoms with Crippen molar-refractivity contribution in [1.29, 1.82) is 0 Å². The third kappa shape index (κ3) is 2.25. The van der Waals surface area contributed by atoms with Crippen LogP contribution in [0.5, 0.6) is 0 Å². The summed E-state index contributed by atoms with van der Waals surface area (Å²) in [5.74, 6) is 0. The van der Waals surface area contributed by atoms with Crippen LogP contribution in [0.1, 0.15) is 23.6 Å². The fourth-order valence-corrected chi connectivity index (χ4v) is 2.55. The quantitative estimate of drug-likeness (QED) is 0.770. The molecule has 0 spiro atoms. The number of hydrogen-bond acceptors (Lipinski definition) is 1. The maximum Gasteiger partial charge on any atom is 0.0514 e. The third-order valence-electron chi connectivity index (χ3n) is 3.44. The molecule has 0 fully saturated rings. The normalized spacial score (nSPS) is 24.9. The van der Waals surface area contributed by atoms with Gasteiger partial charge >= 0.3 is 0 Å². The molecule has 1 aliphatic heterocycles. The van der Waals surface area contributed by atoms with Crippen molar-refractivity contribution in [2.75, 3.05) is 6.54 Å². The second-order valence-electron chi connectivity index (χ2n) is 4.61. The molecule has 0 bridgehead atoms. The van der Waals surface area contributed by atoms with Crippen LogP contribution in [-0.2, 0) is 6.42 Å². The van der Waals surface area contributed by atoms with Gasteiger partial charge in [0.05, 0.1) is 6.04 Å². The van der Waals surface area contributed by atoms with Crippen LogP contribution < -0.4 is 5.32 Å². The van der Waals surface area contributed by atoms with Gasteiger partial charge in [0.25, 0.3) is 0 Å². The van der Waals surface area contributed by atoms with Gasteiger partial charge in [-0.2, -0.15) is 0 Å². The van der Waals surface area contributed by atoms with Gasteiger partial charge in [0.1, 0.15) is 0 Å². The molecule has 2 aliphatic rings. The Morgan fingerprint density at radius 1 is 1.18 bits per heavy atom. The van der Waals surface area contributed by atoms with Crippen LogP contribution in [0.15, 0.2) is 60.2 Å². The molecule has 0 saturated heterocycles. The van der Waals surface area contributed by atoms with Crippen LogP contribution in [0, 0.1) is 0 Å². The molecule has 1 unspecified atom stereocenters. The molecule has 0 radical (unpaired) electrons. The predicted octanol–water partition coefficient (Wildman–Crippen LogP) is 3.32. The van der Waals surface area contributed by atoms with Crippen molar-refractivity contribution in [2.24, 2.45) is 0 Å². The Morgan fingerprint density at radius 3 is 3.00 bits per heavy atom. The molecule has 0 aromatic heterocycles. The molecule has 17 heavy (non-hydrogen) atoms. The fourth-order valence-electron chi connectivity index (χ4n) is 2.55. The van der Waals surface area contributed by atoms with Crippen molar-refractivity contribution < 1.29 is 0 Å². The van der Waals surface area contributed by atoms with Gasteiger partial charge in [-0.1, -0.05) is 54.6 Å². The van der Waals surface area contributed by atoms with Crippen LogP contribution in [0.3, 0.4) is 0 Å². The van der Waals surface area contributed by atoms with Crippen LogP contribution in [0.4, 0.5) is 0 Å². The van der Waals surface area contributed by atoms with E-state index in [1.807, 2.05) is 0 Å². The first-order valence-corrected chi connectivity index (χ1v) is 6.28. The van der Waals surface area contributed by atoms with E-state index in [0.717, 1.165) is 19.4 Å². The number of allylic oxidation sites excluding steroid dienone is 5. The lowest BCUT2D eigenvalue weighted by molar-refractivity contribution is 0.579. The molecule has 0 saturated carbocycles. The van der Waals surface area contributed by atoms with Gasteiger partial charge in [-0.05, 0) is 29.5 Å². The van der Waals surface area contributed by atoms with Crippen LogP contribution in [0.25, 0.3) is 0 Å². The van der Waals surface area contributed by atoms with Gasteiger partial charge in [0, 0.05) is 6.54 Å².